The first-order chi connectivity index (χ1) is 33.9. The van der Waals surface area contributed by atoms with E-state index < -0.39 is 41.5 Å². The summed E-state index contributed by atoms with van der Waals surface area (Å²) >= 11 is 9.48. The van der Waals surface area contributed by atoms with Gasteiger partial charge in [-0.15, -0.1) is 32.9 Å². The van der Waals surface area contributed by atoms with Gasteiger partial charge in [0, 0.05) is 40.5 Å². The Labute approximate surface area is 426 Å². The molecule has 1 fully saturated rings. The minimum atomic E-state index is -1.03. The van der Waals surface area contributed by atoms with Crippen LogP contribution in [0.2, 0.25) is 5.02 Å². The molecule has 2 aromatic carbocycles. The molecule has 4 N–H and O–H groups in total. The number of hydrogen-bond acceptors (Lipinski definition) is 13. The molecule has 4 amide bonds. The number of unbranched alkanes of at least 4 members (excludes halogenated alkanes) is 1. The molecular formula is C52H59ClN10O6S2. The third-order valence-corrected chi connectivity index (χ3v) is 15.3. The molecule has 1 saturated heterocycles. The van der Waals surface area contributed by atoms with Gasteiger partial charge in [-0.25, -0.2) is 9.97 Å². The minimum absolute atomic E-state index is 0.0452. The van der Waals surface area contributed by atoms with E-state index in [1.807, 2.05) is 100 Å². The summed E-state index contributed by atoms with van der Waals surface area (Å²) in [6, 6.07) is 15.7. The van der Waals surface area contributed by atoms with Crippen LogP contribution in [0.3, 0.4) is 0 Å². The second kappa shape index (κ2) is 21.6. The van der Waals surface area contributed by atoms with Crippen LogP contribution in [0.5, 0.6) is 5.75 Å². The average Bonchev–Trinajstić information content (AvgIpc) is 4.11. The number of aliphatic imine (C=N–C) groups is 1. The Kier molecular flexibility index (Phi) is 15.5. The number of hydrogen-bond donors (Lipinski definition) is 4. The van der Waals surface area contributed by atoms with Crippen LogP contribution in [0.4, 0.5) is 0 Å². The van der Waals surface area contributed by atoms with Gasteiger partial charge in [-0.1, -0.05) is 68.8 Å². The summed E-state index contributed by atoms with van der Waals surface area (Å²) in [7, 11) is 0. The molecule has 1 unspecified atom stereocenters. The lowest BCUT2D eigenvalue weighted by molar-refractivity contribution is -0.142. The van der Waals surface area contributed by atoms with E-state index in [2.05, 4.69) is 50.0 Å². The Balaban J connectivity index is 0.816. The number of carbonyl (C=O) groups excluding carboxylic acids is 4. The number of benzene rings is 2. The van der Waals surface area contributed by atoms with E-state index in [4.69, 9.17) is 21.3 Å². The summed E-state index contributed by atoms with van der Waals surface area (Å²) in [6.07, 6.45) is 1.98. The van der Waals surface area contributed by atoms with Crippen molar-refractivity contribution in [2.24, 2.45) is 10.4 Å². The van der Waals surface area contributed by atoms with Crippen LogP contribution in [-0.4, -0.2) is 102 Å². The Bertz CT molecular complexity index is 2940. The third-order valence-electron chi connectivity index (χ3n) is 12.9. The Hall–Kier alpha value is -6.34. The highest BCUT2D eigenvalue weighted by atomic mass is 35.5. The number of thiophene rings is 1. The van der Waals surface area contributed by atoms with Gasteiger partial charge in [0.05, 0.1) is 53.2 Å². The van der Waals surface area contributed by atoms with E-state index in [1.165, 1.54) is 22.0 Å². The molecule has 0 spiro atoms. The number of pyridine rings is 1. The number of likely N-dealkylation sites (tertiary alicyclic amines) is 1. The Morgan fingerprint density at radius 2 is 1.66 bits per heavy atom. The Morgan fingerprint density at radius 1 is 0.930 bits per heavy atom. The number of halogens is 1. The Morgan fingerprint density at radius 3 is 2.34 bits per heavy atom. The van der Waals surface area contributed by atoms with Gasteiger partial charge < -0.3 is 30.7 Å². The average molecular weight is 1020 g/mol. The molecule has 6 heterocycles. The van der Waals surface area contributed by atoms with Crippen LogP contribution in [0.1, 0.15) is 120 Å². The SMILES string of the molecule is Cc1ncsc1-c1ccc([C@H](C)NC(=O)[C@@H]2C[C@@H](O)CN2C(=O)[C@@H](NC(=O)c2ccc(OCCCCNC(=O)CC3N=C(c4ccc(Cl)cc4)c4c(sc(C)c4C)-n4c(C)nnc43)cn2)C(C)(C)C)cc1. The summed E-state index contributed by atoms with van der Waals surface area (Å²) in [5.74, 6) is 0.192. The number of carbonyl (C=O) groups is 4. The van der Waals surface area contributed by atoms with Gasteiger partial charge in [0.2, 0.25) is 17.7 Å². The molecule has 0 aliphatic carbocycles. The van der Waals surface area contributed by atoms with Crippen molar-refractivity contribution >= 4 is 63.6 Å². The van der Waals surface area contributed by atoms with E-state index in [9.17, 15) is 24.3 Å². The molecule has 0 radical (unpaired) electrons. The number of nitrogens with one attached hydrogen (secondary N) is 3. The highest BCUT2D eigenvalue weighted by Gasteiger charge is 2.45. The van der Waals surface area contributed by atoms with Crippen molar-refractivity contribution in [3.05, 3.63) is 128 Å². The van der Waals surface area contributed by atoms with Crippen molar-refractivity contribution in [2.45, 2.75) is 111 Å². The lowest BCUT2D eigenvalue weighted by atomic mass is 9.85. The summed E-state index contributed by atoms with van der Waals surface area (Å²) in [6.45, 7) is 16.1. The summed E-state index contributed by atoms with van der Waals surface area (Å²) in [4.78, 5) is 72.5. The van der Waals surface area contributed by atoms with E-state index in [1.54, 1.807) is 28.7 Å². The number of amides is 4. The molecule has 372 valence electrons. The number of aliphatic hydroxyl groups excluding tert-OH is 1. The highest BCUT2D eigenvalue weighted by molar-refractivity contribution is 7.15. The van der Waals surface area contributed by atoms with Crippen molar-refractivity contribution in [3.63, 3.8) is 0 Å². The molecule has 2 aliphatic rings. The van der Waals surface area contributed by atoms with Crippen LogP contribution in [0, 0.1) is 33.1 Å². The van der Waals surface area contributed by atoms with Crippen molar-refractivity contribution in [3.8, 4) is 21.2 Å². The van der Waals surface area contributed by atoms with Gasteiger partial charge in [0.25, 0.3) is 5.91 Å². The first kappa shape index (κ1) is 51.0. The van der Waals surface area contributed by atoms with Crippen LogP contribution in [0.25, 0.3) is 15.4 Å². The molecule has 6 aromatic rings. The number of nitrogens with zero attached hydrogens (tertiary/aromatic N) is 7. The van der Waals surface area contributed by atoms with Crippen molar-refractivity contribution in [2.75, 3.05) is 19.7 Å². The smallest absolute Gasteiger partial charge is 0.270 e. The zero-order valence-electron chi connectivity index (χ0n) is 41.1. The van der Waals surface area contributed by atoms with E-state index in [-0.39, 0.29) is 42.9 Å². The lowest BCUT2D eigenvalue weighted by Crippen LogP contribution is -2.58. The number of β-amino-alcohol motifs (C(OH)–C–C–N with tert-alkyl or cyclic N) is 1. The maximum Gasteiger partial charge on any atom is 0.270 e. The normalized spacial score (nSPS) is 17.4. The van der Waals surface area contributed by atoms with E-state index in [0.717, 1.165) is 54.9 Å². The van der Waals surface area contributed by atoms with Crippen LogP contribution >= 0.6 is 34.3 Å². The monoisotopic (exact) mass is 1020 g/mol. The summed E-state index contributed by atoms with van der Waals surface area (Å²) in [5, 5.41) is 30.1. The molecule has 19 heteroatoms. The van der Waals surface area contributed by atoms with Gasteiger partial charge in [0.1, 0.15) is 40.4 Å². The molecule has 0 saturated carbocycles. The zero-order valence-corrected chi connectivity index (χ0v) is 43.5. The van der Waals surface area contributed by atoms with Gasteiger partial charge in [0.15, 0.2) is 5.82 Å². The number of rotatable bonds is 16. The number of aliphatic hydroxyl groups is 1. The van der Waals surface area contributed by atoms with Crippen LogP contribution < -0.4 is 20.7 Å². The summed E-state index contributed by atoms with van der Waals surface area (Å²) in [5.41, 5.74) is 7.82. The molecule has 0 bridgehead atoms. The fourth-order valence-corrected chi connectivity index (χ4v) is 11.0. The quantitative estimate of drug-likeness (QED) is 0.0688. The fourth-order valence-electron chi connectivity index (χ4n) is 8.85. The maximum absolute atomic E-state index is 14.2. The molecule has 16 nitrogen and oxygen atoms in total. The van der Waals surface area contributed by atoms with Crippen LogP contribution in [-0.2, 0) is 14.4 Å². The second-order valence-electron chi connectivity index (χ2n) is 19.2. The first-order valence-corrected chi connectivity index (χ1v) is 25.8. The second-order valence-corrected chi connectivity index (χ2v) is 21.7. The maximum atomic E-state index is 14.2. The third kappa shape index (κ3) is 11.4. The van der Waals surface area contributed by atoms with Crippen LogP contribution in [0.15, 0.2) is 77.4 Å². The van der Waals surface area contributed by atoms with Crippen molar-refractivity contribution < 1.29 is 29.0 Å². The van der Waals surface area contributed by atoms with Crippen molar-refractivity contribution in [1.82, 2.24) is 45.6 Å². The highest BCUT2D eigenvalue weighted by Crippen LogP contribution is 2.40. The molecule has 5 atom stereocenters. The minimum Gasteiger partial charge on any atom is -0.492 e. The van der Waals surface area contributed by atoms with Gasteiger partial charge in [-0.2, -0.15) is 0 Å². The predicted octanol–water partition coefficient (Wildman–Crippen LogP) is 7.98. The topological polar surface area (TPSA) is 206 Å². The van der Waals surface area contributed by atoms with Gasteiger partial charge >= 0.3 is 0 Å². The molecule has 4 aromatic heterocycles. The lowest BCUT2D eigenvalue weighted by Gasteiger charge is -2.35. The van der Waals surface area contributed by atoms with E-state index in [0.29, 0.717) is 42.6 Å². The number of aryl methyl sites for hydroxylation is 3. The van der Waals surface area contributed by atoms with Crippen molar-refractivity contribution in [1.29, 1.82) is 0 Å². The number of aromatic nitrogens is 5. The van der Waals surface area contributed by atoms with Gasteiger partial charge in [-0.05, 0) is 93.8 Å². The zero-order chi connectivity index (χ0) is 50.7. The molecular weight excluding hydrogens is 960 g/mol. The van der Waals surface area contributed by atoms with Gasteiger partial charge in [-0.3, -0.25) is 28.7 Å². The summed E-state index contributed by atoms with van der Waals surface area (Å²) < 4.78 is 7.94. The number of thiazole rings is 1. The standard InChI is InChI=1S/C52H59ClN10O6S2/c1-28-31(4)71-51-43(28)44(34-15-17-36(53)18-16-34)58-40(47-61-60-32(5)63(47)51)24-42(65)54-21-9-10-22-69-38-19-20-39(55-25-38)48(66)59-46(52(6,7)8)50(68)62-26-37(64)23-41(62)49(67)57-29(2)33-11-13-35(14-12-33)45-30(3)56-27-70-45/h11-20,25,27,29,37,40-41,46,64H,9-10,21-24,26H2,1-8H3,(H,54,65)(H,57,67)(H,59,66)/t29-,37+,40?,41-,46+/m0/s1. The molecule has 2 aliphatic heterocycles. The fraction of sp³-hybridized carbons (Fsp3) is 0.404. The number of fused-ring (bicyclic) bond motifs is 3. The largest absolute Gasteiger partial charge is 0.492 e. The molecule has 8 rings (SSSR count). The molecule has 71 heavy (non-hydrogen) atoms. The predicted molar refractivity (Wildman–Crippen MR) is 276 cm³/mol. The first-order valence-electron chi connectivity index (χ1n) is 23.7. The van der Waals surface area contributed by atoms with E-state index >= 15 is 0 Å². The number of ether oxygens (including phenoxy) is 1.